The second kappa shape index (κ2) is 4.58. The molecule has 0 aliphatic carbocycles. The van der Waals surface area contributed by atoms with E-state index in [1.54, 1.807) is 0 Å². The zero-order valence-electron chi connectivity index (χ0n) is 10.0. The predicted molar refractivity (Wildman–Crippen MR) is 75.6 cm³/mol. The summed E-state index contributed by atoms with van der Waals surface area (Å²) in [6, 6.07) is 17.7. The fourth-order valence-corrected chi connectivity index (χ4v) is 3.96. The lowest BCUT2D eigenvalue weighted by Crippen LogP contribution is -2.10. The fourth-order valence-electron chi connectivity index (χ4n) is 2.53. The molecule has 17 heavy (non-hydrogen) atoms. The fraction of sp³-hybridized carbons (Fsp3) is 0.250. The Hall–Kier alpha value is -1.21. The Morgan fingerprint density at radius 1 is 0.941 bits per heavy atom. The van der Waals surface area contributed by atoms with Gasteiger partial charge in [0.15, 0.2) is 0 Å². The number of hydrogen-bond donors (Lipinski definition) is 0. The molecule has 0 spiro atoms. The smallest absolute Gasteiger partial charge is 0.0552 e. The van der Waals surface area contributed by atoms with Crippen molar-refractivity contribution in [2.24, 2.45) is 0 Å². The molecule has 2 aromatic carbocycles. The van der Waals surface area contributed by atoms with Crippen molar-refractivity contribution in [3.05, 3.63) is 70.8 Å². The summed E-state index contributed by atoms with van der Waals surface area (Å²) < 4.78 is 0. The van der Waals surface area contributed by atoms with E-state index in [4.69, 9.17) is 0 Å². The highest BCUT2D eigenvalue weighted by atomic mass is 32.2. The van der Waals surface area contributed by atoms with Crippen molar-refractivity contribution >= 4 is 11.8 Å². The Morgan fingerprint density at radius 3 is 2.47 bits per heavy atom. The van der Waals surface area contributed by atoms with Gasteiger partial charge in [0.1, 0.15) is 0 Å². The molecule has 0 aromatic heterocycles. The summed E-state index contributed by atoms with van der Waals surface area (Å²) in [5.41, 5.74) is 5.92. The van der Waals surface area contributed by atoms with E-state index in [0.29, 0.717) is 5.25 Å². The number of rotatable bonds is 1. The second-order valence-corrected chi connectivity index (χ2v) is 5.77. The molecule has 1 atom stereocenters. The van der Waals surface area contributed by atoms with Crippen molar-refractivity contribution in [2.45, 2.75) is 18.6 Å². The molecule has 0 saturated carbocycles. The quantitative estimate of drug-likeness (QED) is 0.713. The molecule has 1 heteroatoms. The van der Waals surface area contributed by atoms with E-state index < -0.39 is 0 Å². The Morgan fingerprint density at radius 2 is 1.65 bits per heavy atom. The van der Waals surface area contributed by atoms with Crippen LogP contribution in [0.2, 0.25) is 0 Å². The van der Waals surface area contributed by atoms with Crippen LogP contribution in [0, 0.1) is 6.92 Å². The predicted octanol–water partition coefficient (Wildman–Crippen LogP) is 4.37. The Labute approximate surface area is 107 Å². The minimum atomic E-state index is 0.529. The van der Waals surface area contributed by atoms with Crippen molar-refractivity contribution in [3.63, 3.8) is 0 Å². The molecule has 2 aromatic rings. The first-order chi connectivity index (χ1) is 8.36. The summed E-state index contributed by atoms with van der Waals surface area (Å²) in [5, 5.41) is 0.529. The van der Waals surface area contributed by atoms with Gasteiger partial charge in [-0.1, -0.05) is 48.5 Å². The molecule has 1 heterocycles. The standard InChI is InChI=1S/C16H16S/c1-12-6-2-4-8-14(12)16-15-9-5-3-7-13(15)10-11-17-16/h2-9,16H,10-11H2,1H3. The van der Waals surface area contributed by atoms with Crippen LogP contribution in [0.4, 0.5) is 0 Å². The van der Waals surface area contributed by atoms with Crippen LogP contribution in [0.5, 0.6) is 0 Å². The average molecular weight is 240 g/mol. The molecule has 3 rings (SSSR count). The molecular weight excluding hydrogens is 224 g/mol. The maximum Gasteiger partial charge on any atom is 0.0552 e. The van der Waals surface area contributed by atoms with Crippen molar-refractivity contribution < 1.29 is 0 Å². The zero-order valence-corrected chi connectivity index (χ0v) is 10.8. The normalized spacial score (nSPS) is 18.8. The first kappa shape index (κ1) is 10.9. The SMILES string of the molecule is Cc1ccccc1C1SCCc2ccccc21. The van der Waals surface area contributed by atoms with Gasteiger partial charge in [-0.05, 0) is 41.4 Å². The van der Waals surface area contributed by atoms with Crippen molar-refractivity contribution in [3.8, 4) is 0 Å². The van der Waals surface area contributed by atoms with Gasteiger partial charge in [-0.15, -0.1) is 11.8 Å². The van der Waals surface area contributed by atoms with Gasteiger partial charge in [-0.25, -0.2) is 0 Å². The van der Waals surface area contributed by atoms with Gasteiger partial charge in [0.25, 0.3) is 0 Å². The monoisotopic (exact) mass is 240 g/mol. The minimum absolute atomic E-state index is 0.529. The summed E-state index contributed by atoms with van der Waals surface area (Å²) in [5.74, 6) is 1.23. The van der Waals surface area contributed by atoms with Gasteiger partial charge in [-0.3, -0.25) is 0 Å². The van der Waals surface area contributed by atoms with E-state index >= 15 is 0 Å². The van der Waals surface area contributed by atoms with Crippen molar-refractivity contribution in [2.75, 3.05) is 5.75 Å². The maximum absolute atomic E-state index is 2.29. The van der Waals surface area contributed by atoms with Crippen LogP contribution < -0.4 is 0 Å². The molecule has 1 aliphatic heterocycles. The number of hydrogen-bond acceptors (Lipinski definition) is 1. The Bertz CT molecular complexity index is 531. The lowest BCUT2D eigenvalue weighted by Gasteiger charge is -2.26. The van der Waals surface area contributed by atoms with Gasteiger partial charge in [0, 0.05) is 0 Å². The first-order valence-corrected chi connectivity index (χ1v) is 7.16. The van der Waals surface area contributed by atoms with Crippen LogP contribution >= 0.6 is 11.8 Å². The number of thioether (sulfide) groups is 1. The first-order valence-electron chi connectivity index (χ1n) is 6.11. The maximum atomic E-state index is 2.29. The molecule has 0 N–H and O–H groups in total. The van der Waals surface area contributed by atoms with Crippen molar-refractivity contribution in [1.29, 1.82) is 0 Å². The lowest BCUT2D eigenvalue weighted by atomic mass is 9.95. The summed E-state index contributed by atoms with van der Waals surface area (Å²) >= 11 is 2.07. The Balaban J connectivity index is 2.09. The molecule has 0 radical (unpaired) electrons. The summed E-state index contributed by atoms with van der Waals surface area (Å²) in [6.07, 6.45) is 1.21. The van der Waals surface area contributed by atoms with E-state index in [1.165, 1.54) is 34.4 Å². The zero-order chi connectivity index (χ0) is 11.7. The molecule has 0 fully saturated rings. The van der Waals surface area contributed by atoms with E-state index in [1.807, 2.05) is 0 Å². The van der Waals surface area contributed by atoms with Crippen LogP contribution in [-0.2, 0) is 6.42 Å². The van der Waals surface area contributed by atoms with Gasteiger partial charge >= 0.3 is 0 Å². The van der Waals surface area contributed by atoms with E-state index in [-0.39, 0.29) is 0 Å². The second-order valence-electron chi connectivity index (χ2n) is 4.56. The molecule has 1 unspecified atom stereocenters. The molecule has 0 bridgehead atoms. The molecule has 0 amide bonds. The van der Waals surface area contributed by atoms with Crippen LogP contribution in [0.15, 0.2) is 48.5 Å². The highest BCUT2D eigenvalue weighted by Gasteiger charge is 2.22. The molecule has 0 saturated heterocycles. The number of aryl methyl sites for hydroxylation is 2. The van der Waals surface area contributed by atoms with E-state index in [0.717, 1.165) is 0 Å². The van der Waals surface area contributed by atoms with Gasteiger partial charge in [0.2, 0.25) is 0 Å². The highest BCUT2D eigenvalue weighted by molar-refractivity contribution is 7.99. The van der Waals surface area contributed by atoms with Crippen LogP contribution in [0.3, 0.4) is 0 Å². The molecule has 1 aliphatic rings. The largest absolute Gasteiger partial charge is 0.149 e. The van der Waals surface area contributed by atoms with Crippen molar-refractivity contribution in [1.82, 2.24) is 0 Å². The average Bonchev–Trinajstić information content (AvgIpc) is 2.39. The minimum Gasteiger partial charge on any atom is -0.149 e. The summed E-state index contributed by atoms with van der Waals surface area (Å²) in [7, 11) is 0. The molecule has 0 nitrogen and oxygen atoms in total. The Kier molecular flexibility index (Phi) is 2.94. The van der Waals surface area contributed by atoms with Crippen LogP contribution in [-0.4, -0.2) is 5.75 Å². The number of fused-ring (bicyclic) bond motifs is 1. The van der Waals surface area contributed by atoms with Crippen LogP contribution in [0.25, 0.3) is 0 Å². The van der Waals surface area contributed by atoms with Crippen LogP contribution in [0.1, 0.15) is 27.5 Å². The highest BCUT2D eigenvalue weighted by Crippen LogP contribution is 2.42. The third kappa shape index (κ3) is 2.00. The number of benzene rings is 2. The summed E-state index contributed by atoms with van der Waals surface area (Å²) in [6.45, 7) is 2.22. The van der Waals surface area contributed by atoms with E-state index in [9.17, 15) is 0 Å². The van der Waals surface area contributed by atoms with E-state index in [2.05, 4.69) is 67.2 Å². The lowest BCUT2D eigenvalue weighted by molar-refractivity contribution is 1.01. The third-order valence-electron chi connectivity index (χ3n) is 3.46. The van der Waals surface area contributed by atoms with Gasteiger partial charge in [0.05, 0.1) is 5.25 Å². The van der Waals surface area contributed by atoms with Gasteiger partial charge in [-0.2, -0.15) is 0 Å². The third-order valence-corrected chi connectivity index (χ3v) is 4.75. The molecular formula is C16H16S. The topological polar surface area (TPSA) is 0 Å². The van der Waals surface area contributed by atoms with Gasteiger partial charge < -0.3 is 0 Å². The molecule has 86 valence electrons. The summed E-state index contributed by atoms with van der Waals surface area (Å²) in [4.78, 5) is 0.